The Hall–Kier alpha value is -1.58. The van der Waals surface area contributed by atoms with Gasteiger partial charge in [-0.15, -0.1) is 0 Å². The molecule has 0 aliphatic heterocycles. The van der Waals surface area contributed by atoms with Gasteiger partial charge in [-0.2, -0.15) is 0 Å². The maximum Gasteiger partial charge on any atom is 0.333 e. The van der Waals surface area contributed by atoms with Gasteiger partial charge >= 0.3 is 11.9 Å². The Morgan fingerprint density at radius 2 is 1.78 bits per heavy atom. The van der Waals surface area contributed by atoms with E-state index in [0.717, 1.165) is 44.3 Å². The first kappa shape index (κ1) is 21.4. The Bertz CT molecular complexity index is 396. The summed E-state index contributed by atoms with van der Waals surface area (Å²) in [7, 11) is 0. The molecule has 0 bridgehead atoms. The molecule has 0 N–H and O–H groups in total. The van der Waals surface area contributed by atoms with Crippen LogP contribution in [0.3, 0.4) is 0 Å². The van der Waals surface area contributed by atoms with Gasteiger partial charge in [0.1, 0.15) is 5.76 Å². The van der Waals surface area contributed by atoms with Gasteiger partial charge < -0.3 is 9.47 Å². The van der Waals surface area contributed by atoms with Crippen LogP contribution in [0.5, 0.6) is 0 Å². The first-order valence-corrected chi connectivity index (χ1v) is 8.73. The molecule has 0 saturated heterocycles. The molecule has 1 aliphatic rings. The molecule has 0 unspecified atom stereocenters. The van der Waals surface area contributed by atoms with Crippen molar-refractivity contribution in [1.82, 2.24) is 0 Å². The van der Waals surface area contributed by atoms with Crippen molar-refractivity contribution in [2.24, 2.45) is 0 Å². The van der Waals surface area contributed by atoms with Gasteiger partial charge in [0.15, 0.2) is 0 Å². The molecular weight excluding hydrogens is 292 g/mol. The minimum Gasteiger partial charge on any atom is -0.462 e. The number of allylic oxidation sites excluding steroid dienone is 2. The van der Waals surface area contributed by atoms with E-state index in [9.17, 15) is 9.59 Å². The second-order valence-corrected chi connectivity index (χ2v) is 5.71. The van der Waals surface area contributed by atoms with Crippen LogP contribution in [0.1, 0.15) is 78.6 Å². The summed E-state index contributed by atoms with van der Waals surface area (Å²) in [6.45, 7) is 9.88. The molecule has 4 heteroatoms. The van der Waals surface area contributed by atoms with Crippen molar-refractivity contribution in [3.05, 3.63) is 24.0 Å². The monoisotopic (exact) mass is 324 g/mol. The number of ether oxygens (including phenoxy) is 2. The van der Waals surface area contributed by atoms with Crippen molar-refractivity contribution < 1.29 is 19.1 Å². The van der Waals surface area contributed by atoms with E-state index in [1.54, 1.807) is 0 Å². The number of hydrogen-bond acceptors (Lipinski definition) is 4. The van der Waals surface area contributed by atoms with E-state index in [1.807, 2.05) is 13.0 Å². The molecule has 0 amide bonds. The minimum absolute atomic E-state index is 0.212. The lowest BCUT2D eigenvalue weighted by Crippen LogP contribution is -2.08. The van der Waals surface area contributed by atoms with E-state index in [4.69, 9.17) is 9.47 Å². The zero-order valence-corrected chi connectivity index (χ0v) is 15.0. The summed E-state index contributed by atoms with van der Waals surface area (Å²) in [4.78, 5) is 21.5. The number of unbranched alkanes of at least 4 members (excludes halogenated alkanes) is 4. The Morgan fingerprint density at radius 3 is 2.22 bits per heavy atom. The normalized spacial score (nSPS) is 12.2. The van der Waals surface area contributed by atoms with Crippen LogP contribution in [-0.2, 0) is 19.1 Å². The Morgan fingerprint density at radius 1 is 1.13 bits per heavy atom. The SMILES string of the molecule is C=C(CCC)C(=O)OCCCCCCC.CC(=O)OC1=CCC1. The van der Waals surface area contributed by atoms with Gasteiger partial charge in [0.2, 0.25) is 0 Å². The largest absolute Gasteiger partial charge is 0.462 e. The molecule has 1 aliphatic carbocycles. The summed E-state index contributed by atoms with van der Waals surface area (Å²) >= 11 is 0. The van der Waals surface area contributed by atoms with Crippen molar-refractivity contribution in [3.8, 4) is 0 Å². The molecule has 0 spiro atoms. The summed E-state index contributed by atoms with van der Waals surface area (Å²) in [6.07, 6.45) is 11.5. The topological polar surface area (TPSA) is 52.6 Å². The number of carbonyl (C=O) groups is 2. The fourth-order valence-corrected chi connectivity index (χ4v) is 1.92. The highest BCUT2D eigenvalue weighted by atomic mass is 16.5. The lowest BCUT2D eigenvalue weighted by Gasteiger charge is -2.11. The highest BCUT2D eigenvalue weighted by Gasteiger charge is 2.07. The van der Waals surface area contributed by atoms with E-state index >= 15 is 0 Å². The predicted molar refractivity (Wildman–Crippen MR) is 92.8 cm³/mol. The quantitative estimate of drug-likeness (QED) is 0.319. The molecule has 132 valence electrons. The molecule has 0 fully saturated rings. The molecular formula is C19H32O4. The van der Waals surface area contributed by atoms with Crippen LogP contribution in [-0.4, -0.2) is 18.5 Å². The zero-order chi connectivity index (χ0) is 17.5. The molecule has 0 aromatic heterocycles. The van der Waals surface area contributed by atoms with Gasteiger partial charge in [0.05, 0.1) is 6.61 Å². The standard InChI is InChI=1S/C13H24O2.C6H8O2/c1-4-6-7-8-9-11-15-13(14)12(3)10-5-2;1-5(7)8-6-3-2-4-6/h3-11H2,1-2H3;3H,2,4H2,1H3. The minimum atomic E-state index is -0.215. The maximum atomic E-state index is 11.3. The molecule has 0 aromatic rings. The average Bonchev–Trinajstić information content (AvgIpc) is 2.47. The number of rotatable bonds is 10. The smallest absolute Gasteiger partial charge is 0.333 e. The van der Waals surface area contributed by atoms with Crippen molar-refractivity contribution in [2.75, 3.05) is 6.61 Å². The van der Waals surface area contributed by atoms with E-state index in [1.165, 1.54) is 26.2 Å². The van der Waals surface area contributed by atoms with Crippen LogP contribution >= 0.6 is 0 Å². The molecule has 4 nitrogen and oxygen atoms in total. The highest BCUT2D eigenvalue weighted by Crippen LogP contribution is 2.18. The molecule has 0 saturated carbocycles. The number of esters is 2. The van der Waals surface area contributed by atoms with Gasteiger partial charge in [0, 0.05) is 18.9 Å². The summed E-state index contributed by atoms with van der Waals surface area (Å²) in [5, 5.41) is 0. The van der Waals surface area contributed by atoms with Crippen molar-refractivity contribution in [2.45, 2.75) is 78.6 Å². The van der Waals surface area contributed by atoms with Crippen LogP contribution in [0.15, 0.2) is 24.0 Å². The highest BCUT2D eigenvalue weighted by molar-refractivity contribution is 5.87. The van der Waals surface area contributed by atoms with E-state index in [0.29, 0.717) is 12.2 Å². The van der Waals surface area contributed by atoms with Gasteiger partial charge in [-0.1, -0.05) is 52.5 Å². The first-order chi connectivity index (χ1) is 11.0. The van der Waals surface area contributed by atoms with Crippen LogP contribution in [0.4, 0.5) is 0 Å². The van der Waals surface area contributed by atoms with E-state index < -0.39 is 0 Å². The molecule has 0 radical (unpaired) electrons. The summed E-state index contributed by atoms with van der Waals surface area (Å²) < 4.78 is 9.81. The lowest BCUT2D eigenvalue weighted by molar-refractivity contribution is -0.139. The van der Waals surface area contributed by atoms with Gasteiger partial charge in [-0.05, 0) is 25.3 Å². The third kappa shape index (κ3) is 12.6. The lowest BCUT2D eigenvalue weighted by atomic mass is 10.1. The fraction of sp³-hybridized carbons (Fsp3) is 0.684. The summed E-state index contributed by atoms with van der Waals surface area (Å²) in [5.41, 5.74) is 0.603. The number of carbonyl (C=O) groups excluding carboxylic acids is 2. The van der Waals surface area contributed by atoms with E-state index in [-0.39, 0.29) is 11.9 Å². The van der Waals surface area contributed by atoms with Crippen LogP contribution in [0.25, 0.3) is 0 Å². The summed E-state index contributed by atoms with van der Waals surface area (Å²) in [5.74, 6) is 0.404. The van der Waals surface area contributed by atoms with Gasteiger partial charge in [-0.25, -0.2) is 4.79 Å². The van der Waals surface area contributed by atoms with Crippen LogP contribution < -0.4 is 0 Å². The Labute approximate surface area is 140 Å². The second-order valence-electron chi connectivity index (χ2n) is 5.71. The molecule has 0 heterocycles. The van der Waals surface area contributed by atoms with E-state index in [2.05, 4.69) is 13.5 Å². The molecule has 0 aromatic carbocycles. The third-order valence-corrected chi connectivity index (χ3v) is 3.36. The summed E-state index contributed by atoms with van der Waals surface area (Å²) in [6, 6.07) is 0. The Balaban J connectivity index is 0.000000502. The Kier molecular flexibility index (Phi) is 13.1. The fourth-order valence-electron chi connectivity index (χ4n) is 1.92. The zero-order valence-electron chi connectivity index (χ0n) is 15.0. The van der Waals surface area contributed by atoms with Crippen LogP contribution in [0.2, 0.25) is 0 Å². The molecule has 23 heavy (non-hydrogen) atoms. The van der Waals surface area contributed by atoms with Crippen molar-refractivity contribution in [3.63, 3.8) is 0 Å². The van der Waals surface area contributed by atoms with Gasteiger partial charge in [-0.3, -0.25) is 4.79 Å². The molecule has 0 atom stereocenters. The maximum absolute atomic E-state index is 11.3. The number of hydrogen-bond donors (Lipinski definition) is 0. The third-order valence-electron chi connectivity index (χ3n) is 3.36. The van der Waals surface area contributed by atoms with Gasteiger partial charge in [0.25, 0.3) is 0 Å². The second kappa shape index (κ2) is 14.0. The predicted octanol–water partition coefficient (Wildman–Crippen LogP) is 5.08. The first-order valence-electron chi connectivity index (χ1n) is 8.73. The van der Waals surface area contributed by atoms with Crippen molar-refractivity contribution >= 4 is 11.9 Å². The van der Waals surface area contributed by atoms with Crippen molar-refractivity contribution in [1.29, 1.82) is 0 Å². The van der Waals surface area contributed by atoms with Crippen LogP contribution in [0, 0.1) is 0 Å². The average molecular weight is 324 g/mol. The molecule has 1 rings (SSSR count).